The highest BCUT2D eigenvalue weighted by atomic mass is 32.1. The molecule has 0 saturated heterocycles. The van der Waals surface area contributed by atoms with Crippen molar-refractivity contribution in [2.24, 2.45) is 0 Å². The maximum absolute atomic E-state index is 2.36. The molecule has 2 heterocycles. The van der Waals surface area contributed by atoms with Gasteiger partial charge in [0.15, 0.2) is 0 Å². The quantitative estimate of drug-likeness (QED) is 0.705. The molecule has 0 saturated carbocycles. The Morgan fingerprint density at radius 1 is 1.12 bits per heavy atom. The van der Waals surface area contributed by atoms with Gasteiger partial charge in [-0.2, -0.15) is 0 Å². The Balaban J connectivity index is 2.03. The van der Waals surface area contributed by atoms with Crippen molar-refractivity contribution in [1.82, 2.24) is 0 Å². The van der Waals surface area contributed by atoms with Gasteiger partial charge in [0, 0.05) is 17.8 Å². The van der Waals surface area contributed by atoms with Crippen molar-refractivity contribution in [2.45, 2.75) is 6.92 Å². The number of benzene rings is 1. The predicted octanol–water partition coefficient (Wildman–Crippen LogP) is 4.22. The van der Waals surface area contributed by atoms with Gasteiger partial charge in [-0.05, 0) is 30.5 Å². The van der Waals surface area contributed by atoms with Crippen molar-refractivity contribution in [3.63, 3.8) is 0 Å². The van der Waals surface area contributed by atoms with E-state index in [1.165, 1.54) is 21.8 Å². The zero-order valence-electron chi connectivity index (χ0n) is 9.18. The summed E-state index contributed by atoms with van der Waals surface area (Å²) in [6, 6.07) is 10.9. The van der Waals surface area contributed by atoms with Gasteiger partial charge in [0.25, 0.3) is 0 Å². The van der Waals surface area contributed by atoms with Crippen LogP contribution in [0.1, 0.15) is 11.1 Å². The molecule has 3 rings (SSSR count). The van der Waals surface area contributed by atoms with Crippen LogP contribution in [0.4, 0.5) is 10.7 Å². The van der Waals surface area contributed by atoms with Crippen LogP contribution in [0.15, 0.2) is 41.8 Å². The molecular formula is C14H13NS. The minimum absolute atomic E-state index is 0.969. The standard InChI is InChI=1S/C14H13NS/c1-11-4-6-13(7-5-11)15-9-2-3-12-8-10-16-14(12)15/h2-8,10H,9H2,1H3. The first-order chi connectivity index (χ1) is 7.84. The van der Waals surface area contributed by atoms with Crippen LogP contribution in [-0.2, 0) is 0 Å². The fourth-order valence-corrected chi connectivity index (χ4v) is 2.90. The van der Waals surface area contributed by atoms with Gasteiger partial charge < -0.3 is 4.90 Å². The fourth-order valence-electron chi connectivity index (χ4n) is 1.97. The summed E-state index contributed by atoms with van der Waals surface area (Å²) in [5.41, 5.74) is 3.91. The van der Waals surface area contributed by atoms with Crippen LogP contribution in [0.2, 0.25) is 0 Å². The lowest BCUT2D eigenvalue weighted by Crippen LogP contribution is -2.18. The predicted molar refractivity (Wildman–Crippen MR) is 71.5 cm³/mol. The molecule has 0 amide bonds. The lowest BCUT2D eigenvalue weighted by Gasteiger charge is -2.25. The van der Waals surface area contributed by atoms with Gasteiger partial charge in [-0.25, -0.2) is 0 Å². The zero-order valence-corrected chi connectivity index (χ0v) is 10.00. The van der Waals surface area contributed by atoms with Crippen molar-refractivity contribution >= 4 is 28.1 Å². The topological polar surface area (TPSA) is 3.24 Å². The Kier molecular flexibility index (Phi) is 2.29. The van der Waals surface area contributed by atoms with Gasteiger partial charge in [-0.3, -0.25) is 0 Å². The van der Waals surface area contributed by atoms with E-state index in [1.807, 2.05) is 11.3 Å². The number of nitrogens with zero attached hydrogens (tertiary/aromatic N) is 1. The molecule has 1 aliphatic rings. The van der Waals surface area contributed by atoms with E-state index in [9.17, 15) is 0 Å². The number of hydrogen-bond acceptors (Lipinski definition) is 2. The third kappa shape index (κ3) is 1.55. The summed E-state index contributed by atoms with van der Waals surface area (Å²) in [4.78, 5) is 2.36. The van der Waals surface area contributed by atoms with E-state index in [2.05, 4.69) is 59.7 Å². The summed E-state index contributed by atoms with van der Waals surface area (Å²) in [5, 5.41) is 3.51. The molecule has 0 spiro atoms. The molecule has 0 N–H and O–H groups in total. The third-order valence-electron chi connectivity index (χ3n) is 2.85. The first-order valence-corrected chi connectivity index (χ1v) is 6.31. The largest absolute Gasteiger partial charge is 0.329 e. The minimum Gasteiger partial charge on any atom is -0.329 e. The average Bonchev–Trinajstić information content (AvgIpc) is 2.78. The van der Waals surface area contributed by atoms with E-state index in [-0.39, 0.29) is 0 Å². The van der Waals surface area contributed by atoms with Crippen LogP contribution >= 0.6 is 11.3 Å². The Hall–Kier alpha value is -1.54. The average molecular weight is 227 g/mol. The second-order valence-electron chi connectivity index (χ2n) is 4.03. The second-order valence-corrected chi connectivity index (χ2v) is 4.92. The molecule has 1 nitrogen and oxygen atoms in total. The molecule has 0 bridgehead atoms. The molecule has 80 valence electrons. The van der Waals surface area contributed by atoms with E-state index in [0.29, 0.717) is 0 Å². The summed E-state index contributed by atoms with van der Waals surface area (Å²) in [6.07, 6.45) is 4.42. The molecule has 1 aromatic heterocycles. The van der Waals surface area contributed by atoms with Crippen molar-refractivity contribution in [1.29, 1.82) is 0 Å². The minimum atomic E-state index is 0.969. The van der Waals surface area contributed by atoms with Crippen LogP contribution < -0.4 is 4.90 Å². The Morgan fingerprint density at radius 3 is 2.75 bits per heavy atom. The smallest absolute Gasteiger partial charge is 0.103 e. The number of hydrogen-bond donors (Lipinski definition) is 0. The van der Waals surface area contributed by atoms with E-state index in [1.54, 1.807) is 0 Å². The molecule has 0 aliphatic carbocycles. The van der Waals surface area contributed by atoms with E-state index in [4.69, 9.17) is 0 Å². The van der Waals surface area contributed by atoms with Crippen LogP contribution in [0, 0.1) is 6.92 Å². The van der Waals surface area contributed by atoms with E-state index < -0.39 is 0 Å². The summed E-state index contributed by atoms with van der Waals surface area (Å²) in [7, 11) is 0. The van der Waals surface area contributed by atoms with Gasteiger partial charge in [0.05, 0.1) is 0 Å². The van der Waals surface area contributed by atoms with Crippen molar-refractivity contribution in [3.05, 3.63) is 52.9 Å². The monoisotopic (exact) mass is 227 g/mol. The summed E-state index contributed by atoms with van der Waals surface area (Å²) in [6.45, 7) is 3.09. The maximum atomic E-state index is 2.36. The number of anilines is 2. The molecular weight excluding hydrogens is 214 g/mol. The van der Waals surface area contributed by atoms with Crippen molar-refractivity contribution in [2.75, 3.05) is 11.4 Å². The van der Waals surface area contributed by atoms with Crippen molar-refractivity contribution in [3.8, 4) is 0 Å². The molecule has 2 aromatic rings. The van der Waals surface area contributed by atoms with Gasteiger partial charge in [0.2, 0.25) is 0 Å². The Labute approximate surface area is 99.7 Å². The first kappa shape index (κ1) is 9.67. The third-order valence-corrected chi connectivity index (χ3v) is 3.80. The second kappa shape index (κ2) is 3.80. The van der Waals surface area contributed by atoms with Crippen LogP contribution in [0.25, 0.3) is 6.08 Å². The Bertz CT molecular complexity index is 522. The molecule has 1 aliphatic heterocycles. The molecule has 0 fully saturated rings. The lowest BCUT2D eigenvalue weighted by atomic mass is 10.1. The van der Waals surface area contributed by atoms with Crippen LogP contribution in [-0.4, -0.2) is 6.54 Å². The molecule has 0 radical (unpaired) electrons. The fraction of sp³-hybridized carbons (Fsp3) is 0.143. The first-order valence-electron chi connectivity index (χ1n) is 5.43. The maximum Gasteiger partial charge on any atom is 0.103 e. The molecule has 1 aromatic carbocycles. The zero-order chi connectivity index (χ0) is 11.0. The van der Waals surface area contributed by atoms with Crippen LogP contribution in [0.3, 0.4) is 0 Å². The normalized spacial score (nSPS) is 13.9. The van der Waals surface area contributed by atoms with Gasteiger partial charge >= 0.3 is 0 Å². The summed E-state index contributed by atoms with van der Waals surface area (Å²) in [5.74, 6) is 0. The van der Waals surface area contributed by atoms with Crippen LogP contribution in [0.5, 0.6) is 0 Å². The lowest BCUT2D eigenvalue weighted by molar-refractivity contribution is 1.10. The molecule has 0 unspecified atom stereocenters. The molecule has 16 heavy (non-hydrogen) atoms. The number of fused-ring (bicyclic) bond motifs is 1. The van der Waals surface area contributed by atoms with Gasteiger partial charge in [-0.15, -0.1) is 11.3 Å². The summed E-state index contributed by atoms with van der Waals surface area (Å²) < 4.78 is 0. The SMILES string of the molecule is Cc1ccc(N2CC=Cc3ccsc32)cc1. The van der Waals surface area contributed by atoms with Gasteiger partial charge in [0.1, 0.15) is 5.00 Å². The number of thiophene rings is 1. The highest BCUT2D eigenvalue weighted by Crippen LogP contribution is 2.36. The number of rotatable bonds is 1. The van der Waals surface area contributed by atoms with Crippen molar-refractivity contribution < 1.29 is 0 Å². The highest BCUT2D eigenvalue weighted by Gasteiger charge is 2.15. The highest BCUT2D eigenvalue weighted by molar-refractivity contribution is 7.14. The summed E-state index contributed by atoms with van der Waals surface area (Å²) >= 11 is 1.81. The number of aryl methyl sites for hydroxylation is 1. The molecule has 0 atom stereocenters. The Morgan fingerprint density at radius 2 is 1.94 bits per heavy atom. The van der Waals surface area contributed by atoms with E-state index >= 15 is 0 Å². The van der Waals surface area contributed by atoms with Gasteiger partial charge in [-0.1, -0.05) is 29.8 Å². The van der Waals surface area contributed by atoms with E-state index in [0.717, 1.165) is 6.54 Å². The molecule has 2 heteroatoms.